The molecule has 42 heavy (non-hydrogen) atoms. The number of methoxy groups -OCH3 is 1. The van der Waals surface area contributed by atoms with Gasteiger partial charge < -0.3 is 18.9 Å². The average Bonchev–Trinajstić information content (AvgIpc) is 3.70. The van der Waals surface area contributed by atoms with E-state index in [1.807, 2.05) is 71.6 Å². The number of rotatable bonds is 10. The second-order valence-corrected chi connectivity index (χ2v) is 10.9. The second-order valence-electron chi connectivity index (χ2n) is 10.9. The molecule has 1 aliphatic rings. The Kier molecular flexibility index (Phi) is 8.22. The number of likely N-dealkylation sites (tertiary alicyclic amines) is 1. The van der Waals surface area contributed by atoms with E-state index in [9.17, 15) is 9.18 Å². The highest BCUT2D eigenvalue weighted by Gasteiger charge is 2.27. The molecule has 4 aromatic carbocycles. The van der Waals surface area contributed by atoms with Crippen LogP contribution in [0.3, 0.4) is 0 Å². The van der Waals surface area contributed by atoms with Gasteiger partial charge in [0.2, 0.25) is 5.91 Å². The number of hydrogen-bond acceptors (Lipinski definition) is 3. The Balaban J connectivity index is 1.37. The molecule has 1 saturated heterocycles. The topological polar surface area (TPSA) is 43.7 Å². The highest BCUT2D eigenvalue weighted by molar-refractivity contribution is 5.87. The maximum absolute atomic E-state index is 13.6. The summed E-state index contributed by atoms with van der Waals surface area (Å²) in [6.45, 7) is 2.66. The first-order valence-corrected chi connectivity index (χ1v) is 14.5. The van der Waals surface area contributed by atoms with Crippen LogP contribution in [0.2, 0.25) is 0 Å². The zero-order valence-corrected chi connectivity index (χ0v) is 23.8. The third-order valence-corrected chi connectivity index (χ3v) is 8.13. The van der Waals surface area contributed by atoms with Gasteiger partial charge in [-0.25, -0.2) is 4.39 Å². The predicted molar refractivity (Wildman–Crippen MR) is 163 cm³/mol. The van der Waals surface area contributed by atoms with Crippen LogP contribution in [-0.2, 0) is 17.9 Å². The number of fused-ring (bicyclic) bond motifs is 1. The molecular formula is C36H35FN2O3. The molecule has 0 saturated carbocycles. The summed E-state index contributed by atoms with van der Waals surface area (Å²) in [7, 11) is 1.65. The maximum atomic E-state index is 13.6. The molecule has 1 amide bonds. The molecule has 1 atom stereocenters. The van der Waals surface area contributed by atoms with Crippen molar-refractivity contribution in [2.24, 2.45) is 0 Å². The maximum Gasteiger partial charge on any atom is 0.223 e. The fourth-order valence-electron chi connectivity index (χ4n) is 5.90. The number of halogens is 1. The molecule has 0 N–H and O–H groups in total. The molecule has 6 rings (SSSR count). The number of carbonyl (C=O) groups excluding carboxylic acids is 1. The van der Waals surface area contributed by atoms with E-state index in [1.165, 1.54) is 12.1 Å². The zero-order valence-electron chi connectivity index (χ0n) is 23.8. The fraction of sp³-hybridized carbons (Fsp3) is 0.250. The van der Waals surface area contributed by atoms with Gasteiger partial charge >= 0.3 is 0 Å². The molecule has 1 fully saturated rings. The summed E-state index contributed by atoms with van der Waals surface area (Å²) in [4.78, 5) is 15.6. The molecule has 1 aromatic heterocycles. The Morgan fingerprint density at radius 1 is 0.857 bits per heavy atom. The number of hydrogen-bond donors (Lipinski definition) is 0. The number of aromatic nitrogens is 1. The van der Waals surface area contributed by atoms with Crippen molar-refractivity contribution in [3.8, 4) is 11.5 Å². The predicted octanol–water partition coefficient (Wildman–Crippen LogP) is 7.56. The first kappa shape index (κ1) is 27.6. The lowest BCUT2D eigenvalue weighted by Crippen LogP contribution is -2.29. The van der Waals surface area contributed by atoms with Crippen LogP contribution in [0.1, 0.15) is 47.4 Å². The van der Waals surface area contributed by atoms with Gasteiger partial charge in [-0.1, -0.05) is 66.7 Å². The average molecular weight is 563 g/mol. The van der Waals surface area contributed by atoms with Crippen LogP contribution < -0.4 is 9.47 Å². The largest absolute Gasteiger partial charge is 0.493 e. The summed E-state index contributed by atoms with van der Waals surface area (Å²) in [6, 6.07) is 30.9. The van der Waals surface area contributed by atoms with E-state index in [2.05, 4.69) is 29.0 Å². The van der Waals surface area contributed by atoms with Gasteiger partial charge in [0.25, 0.3) is 0 Å². The third-order valence-electron chi connectivity index (χ3n) is 8.13. The molecule has 1 aliphatic heterocycles. The van der Waals surface area contributed by atoms with E-state index in [0.29, 0.717) is 31.1 Å². The van der Waals surface area contributed by atoms with Crippen molar-refractivity contribution in [1.82, 2.24) is 9.47 Å². The second kappa shape index (κ2) is 12.5. The summed E-state index contributed by atoms with van der Waals surface area (Å²) >= 11 is 0. The third kappa shape index (κ3) is 6.03. The van der Waals surface area contributed by atoms with Gasteiger partial charge in [0.05, 0.1) is 7.11 Å². The molecule has 0 bridgehead atoms. The van der Waals surface area contributed by atoms with Crippen LogP contribution in [0.25, 0.3) is 10.9 Å². The first-order valence-electron chi connectivity index (χ1n) is 14.5. The van der Waals surface area contributed by atoms with E-state index in [0.717, 1.165) is 59.1 Å². The minimum absolute atomic E-state index is 0.163. The quantitative estimate of drug-likeness (QED) is 0.176. The van der Waals surface area contributed by atoms with Crippen molar-refractivity contribution in [3.05, 3.63) is 131 Å². The Bertz CT molecular complexity index is 1660. The van der Waals surface area contributed by atoms with E-state index in [1.54, 1.807) is 7.11 Å². The Morgan fingerprint density at radius 2 is 1.60 bits per heavy atom. The lowest BCUT2D eigenvalue weighted by Gasteiger charge is -2.22. The number of para-hydroxylation sites is 1. The molecule has 0 spiro atoms. The van der Waals surface area contributed by atoms with Gasteiger partial charge in [-0.3, -0.25) is 4.79 Å². The smallest absolute Gasteiger partial charge is 0.223 e. The molecule has 2 heterocycles. The highest BCUT2D eigenvalue weighted by Crippen LogP contribution is 2.39. The van der Waals surface area contributed by atoms with Crippen LogP contribution >= 0.6 is 0 Å². The number of nitrogens with zero attached hydrogens (tertiary/aromatic N) is 2. The van der Waals surface area contributed by atoms with Crippen molar-refractivity contribution < 1.29 is 18.7 Å². The molecule has 6 heteroatoms. The molecule has 0 radical (unpaired) electrons. The van der Waals surface area contributed by atoms with Gasteiger partial charge in [0.1, 0.15) is 12.4 Å². The Hall–Kier alpha value is -4.58. The molecule has 5 nitrogen and oxygen atoms in total. The van der Waals surface area contributed by atoms with Crippen LogP contribution in [-0.4, -0.2) is 35.6 Å². The molecule has 5 aromatic rings. The number of amides is 1. The number of ether oxygens (including phenoxy) is 2. The summed E-state index contributed by atoms with van der Waals surface area (Å²) in [6.07, 6.45) is 4.61. The van der Waals surface area contributed by atoms with Crippen molar-refractivity contribution >= 4 is 16.8 Å². The van der Waals surface area contributed by atoms with E-state index >= 15 is 0 Å². The number of carbonyl (C=O) groups is 1. The summed E-state index contributed by atoms with van der Waals surface area (Å²) in [5.74, 6) is 1.03. The molecular weight excluding hydrogens is 527 g/mol. The van der Waals surface area contributed by atoms with E-state index in [4.69, 9.17) is 9.47 Å². The van der Waals surface area contributed by atoms with E-state index in [-0.39, 0.29) is 17.6 Å². The minimum Gasteiger partial charge on any atom is -0.493 e. The Labute approximate surface area is 246 Å². The van der Waals surface area contributed by atoms with Crippen molar-refractivity contribution in [3.63, 3.8) is 0 Å². The van der Waals surface area contributed by atoms with Crippen molar-refractivity contribution in [1.29, 1.82) is 0 Å². The standard InChI is InChI=1S/C36H35FN2O3/c1-41-35-21-28(15-18-34(35)42-25-27-9-3-2-4-10-27)31(22-36(40)38-19-7-8-20-38)32-24-39(33-12-6-5-11-30(32)33)23-26-13-16-29(37)17-14-26/h2-6,9-18,21,24,31H,7-8,19-20,22-23,25H2,1H3/t31-/m1/s1. The van der Waals surface area contributed by atoms with E-state index < -0.39 is 0 Å². The normalized spacial score (nSPS) is 13.8. The van der Waals surface area contributed by atoms with Gasteiger partial charge in [-0.15, -0.1) is 0 Å². The summed E-state index contributed by atoms with van der Waals surface area (Å²) in [5, 5.41) is 1.10. The van der Waals surface area contributed by atoms with Gasteiger partial charge in [-0.05, 0) is 65.4 Å². The SMILES string of the molecule is COc1cc([C@@H](CC(=O)N2CCCC2)c2cn(Cc3ccc(F)cc3)c3ccccc23)ccc1OCc1ccccc1. The monoisotopic (exact) mass is 562 g/mol. The van der Waals surface area contributed by atoms with Gasteiger partial charge in [-0.2, -0.15) is 0 Å². The molecule has 0 unspecified atom stereocenters. The van der Waals surface area contributed by atoms with Crippen LogP contribution in [0.4, 0.5) is 4.39 Å². The van der Waals surface area contributed by atoms with Crippen LogP contribution in [0.5, 0.6) is 11.5 Å². The van der Waals surface area contributed by atoms with Crippen molar-refractivity contribution in [2.45, 2.75) is 38.3 Å². The minimum atomic E-state index is -0.248. The lowest BCUT2D eigenvalue weighted by molar-refractivity contribution is -0.130. The van der Waals surface area contributed by atoms with Crippen LogP contribution in [0, 0.1) is 5.82 Å². The first-order chi connectivity index (χ1) is 20.6. The highest BCUT2D eigenvalue weighted by atomic mass is 19.1. The number of benzene rings is 4. The summed E-state index contributed by atoms with van der Waals surface area (Å²) < 4.78 is 27.7. The molecule has 214 valence electrons. The van der Waals surface area contributed by atoms with Gasteiger partial charge in [0, 0.05) is 49.1 Å². The fourth-order valence-corrected chi connectivity index (χ4v) is 5.90. The van der Waals surface area contributed by atoms with Crippen molar-refractivity contribution in [2.75, 3.05) is 20.2 Å². The zero-order chi connectivity index (χ0) is 28.9. The summed E-state index contributed by atoms with van der Waals surface area (Å²) in [5.41, 5.74) is 5.24. The Morgan fingerprint density at radius 3 is 2.36 bits per heavy atom. The lowest BCUT2D eigenvalue weighted by atomic mass is 9.87. The van der Waals surface area contributed by atoms with Crippen LogP contribution in [0.15, 0.2) is 103 Å². The van der Waals surface area contributed by atoms with Gasteiger partial charge in [0.15, 0.2) is 11.5 Å². The molecule has 0 aliphatic carbocycles.